The molecule has 1 aliphatic carbocycles. The van der Waals surface area contributed by atoms with Crippen LogP contribution in [0.4, 0.5) is 4.39 Å². The Morgan fingerprint density at radius 3 is 2.55 bits per heavy atom. The van der Waals surface area contributed by atoms with Crippen molar-refractivity contribution in [1.29, 1.82) is 0 Å². The van der Waals surface area contributed by atoms with Gasteiger partial charge in [-0.05, 0) is 62.9 Å². The van der Waals surface area contributed by atoms with Gasteiger partial charge in [0.1, 0.15) is 5.82 Å². The van der Waals surface area contributed by atoms with Gasteiger partial charge in [-0.1, -0.05) is 36.9 Å². The predicted molar refractivity (Wildman–Crippen MR) is 81.3 cm³/mol. The fourth-order valence-corrected chi connectivity index (χ4v) is 4.00. The molecule has 1 unspecified atom stereocenters. The van der Waals surface area contributed by atoms with Crippen molar-refractivity contribution in [2.75, 3.05) is 13.1 Å². The van der Waals surface area contributed by atoms with Crippen LogP contribution < -0.4 is 0 Å². The van der Waals surface area contributed by atoms with Crippen LogP contribution in [0.15, 0.2) is 18.2 Å². The SMILES string of the molecule is Fc1ccc(C2(N3CCCCC3)C[CH]CCC2)cc1Cl. The molecule has 0 bridgehead atoms. The molecule has 2 aliphatic rings. The molecule has 20 heavy (non-hydrogen) atoms. The van der Waals surface area contributed by atoms with E-state index in [0.717, 1.165) is 25.9 Å². The molecule has 1 saturated heterocycles. The Morgan fingerprint density at radius 1 is 1.10 bits per heavy atom. The van der Waals surface area contributed by atoms with Gasteiger partial charge in [-0.15, -0.1) is 0 Å². The van der Waals surface area contributed by atoms with Gasteiger partial charge in [0.05, 0.1) is 5.02 Å². The lowest BCUT2D eigenvalue weighted by atomic mass is 9.74. The highest BCUT2D eigenvalue weighted by Gasteiger charge is 2.40. The van der Waals surface area contributed by atoms with Gasteiger partial charge in [-0.25, -0.2) is 4.39 Å². The van der Waals surface area contributed by atoms with Crippen molar-refractivity contribution in [3.8, 4) is 0 Å². The second kappa shape index (κ2) is 6.03. The molecule has 1 radical (unpaired) electrons. The van der Waals surface area contributed by atoms with Gasteiger partial charge in [0.15, 0.2) is 0 Å². The normalized spacial score (nSPS) is 23.7. The summed E-state index contributed by atoms with van der Waals surface area (Å²) in [6.07, 6.45) is 10.9. The smallest absolute Gasteiger partial charge is 0.141 e. The van der Waals surface area contributed by atoms with Crippen LogP contribution >= 0.6 is 11.6 Å². The van der Waals surface area contributed by atoms with Crippen molar-refractivity contribution in [1.82, 2.24) is 4.90 Å². The van der Waals surface area contributed by atoms with Crippen LogP contribution in [0.2, 0.25) is 5.02 Å². The molecule has 1 aromatic carbocycles. The van der Waals surface area contributed by atoms with E-state index in [1.807, 2.05) is 12.1 Å². The molecule has 1 aliphatic heterocycles. The number of nitrogens with zero attached hydrogens (tertiary/aromatic N) is 1. The van der Waals surface area contributed by atoms with E-state index in [2.05, 4.69) is 11.3 Å². The van der Waals surface area contributed by atoms with Crippen LogP contribution in [0.1, 0.15) is 50.5 Å². The second-order valence-corrected chi connectivity index (χ2v) is 6.50. The molecular formula is C17H22ClFN. The fraction of sp³-hybridized carbons (Fsp3) is 0.588. The average Bonchev–Trinajstić information content (AvgIpc) is 2.51. The minimum absolute atomic E-state index is 0.0516. The maximum atomic E-state index is 13.5. The third kappa shape index (κ3) is 2.60. The number of likely N-dealkylation sites (tertiary alicyclic amines) is 1. The molecule has 0 N–H and O–H groups in total. The molecule has 1 nitrogen and oxygen atoms in total. The molecule has 1 aromatic rings. The van der Waals surface area contributed by atoms with E-state index in [1.165, 1.54) is 43.7 Å². The minimum Gasteiger partial charge on any atom is -0.294 e. The van der Waals surface area contributed by atoms with Crippen molar-refractivity contribution >= 4 is 11.6 Å². The Morgan fingerprint density at radius 2 is 1.90 bits per heavy atom. The van der Waals surface area contributed by atoms with Gasteiger partial charge in [0, 0.05) is 5.54 Å². The molecule has 0 amide bonds. The highest BCUT2D eigenvalue weighted by atomic mass is 35.5. The van der Waals surface area contributed by atoms with Crippen molar-refractivity contribution in [2.24, 2.45) is 0 Å². The molecule has 3 heteroatoms. The number of piperidine rings is 1. The molecule has 0 aromatic heterocycles. The standard InChI is InChI=1S/C17H22ClFN/c18-15-13-14(7-8-16(15)19)17(9-3-1-4-10-17)20-11-5-2-6-12-20/h3,7-8,13H,1-2,4-6,9-12H2. The number of hydrogen-bond donors (Lipinski definition) is 0. The lowest BCUT2D eigenvalue weighted by Gasteiger charge is -2.48. The van der Waals surface area contributed by atoms with E-state index in [1.54, 1.807) is 0 Å². The lowest BCUT2D eigenvalue weighted by molar-refractivity contribution is 0.0429. The minimum atomic E-state index is -0.316. The summed E-state index contributed by atoms with van der Waals surface area (Å²) in [5, 5.41) is 0.254. The van der Waals surface area contributed by atoms with Crippen LogP contribution in [0.5, 0.6) is 0 Å². The molecule has 2 fully saturated rings. The van der Waals surface area contributed by atoms with Crippen molar-refractivity contribution < 1.29 is 4.39 Å². The summed E-state index contributed by atoms with van der Waals surface area (Å²) in [6.45, 7) is 2.31. The molecule has 1 heterocycles. The van der Waals surface area contributed by atoms with E-state index in [-0.39, 0.29) is 16.4 Å². The zero-order valence-corrected chi connectivity index (χ0v) is 12.6. The van der Waals surface area contributed by atoms with Crippen LogP contribution in [-0.2, 0) is 5.54 Å². The monoisotopic (exact) mass is 294 g/mol. The first kappa shape index (κ1) is 14.3. The largest absolute Gasteiger partial charge is 0.294 e. The average molecular weight is 295 g/mol. The maximum absolute atomic E-state index is 13.5. The Bertz CT molecular complexity index is 462. The van der Waals surface area contributed by atoms with Crippen LogP contribution in [0, 0.1) is 12.2 Å². The Kier molecular flexibility index (Phi) is 4.32. The summed E-state index contributed by atoms with van der Waals surface area (Å²) in [5.41, 5.74) is 1.25. The number of hydrogen-bond acceptors (Lipinski definition) is 1. The lowest BCUT2D eigenvalue weighted by Crippen LogP contribution is -2.49. The highest BCUT2D eigenvalue weighted by Crippen LogP contribution is 2.43. The van der Waals surface area contributed by atoms with Crippen molar-refractivity contribution in [3.63, 3.8) is 0 Å². The third-order valence-electron chi connectivity index (χ3n) is 4.90. The Labute approximate surface area is 126 Å². The quantitative estimate of drug-likeness (QED) is 0.747. The Hall–Kier alpha value is -0.600. The second-order valence-electron chi connectivity index (χ2n) is 6.09. The van der Waals surface area contributed by atoms with Crippen LogP contribution in [-0.4, -0.2) is 18.0 Å². The van der Waals surface area contributed by atoms with Gasteiger partial charge in [-0.3, -0.25) is 4.90 Å². The summed E-state index contributed by atoms with van der Waals surface area (Å²) in [4.78, 5) is 2.62. The predicted octanol–water partition coefficient (Wildman–Crippen LogP) is 4.94. The van der Waals surface area contributed by atoms with E-state index in [9.17, 15) is 4.39 Å². The number of halogens is 2. The Balaban J connectivity index is 1.97. The molecule has 1 atom stereocenters. The van der Waals surface area contributed by atoms with Crippen molar-refractivity contribution in [3.05, 3.63) is 41.0 Å². The fourth-order valence-electron chi connectivity index (χ4n) is 3.82. The molecular weight excluding hydrogens is 273 g/mol. The van der Waals surface area contributed by atoms with Gasteiger partial charge in [0.2, 0.25) is 0 Å². The van der Waals surface area contributed by atoms with E-state index < -0.39 is 0 Å². The van der Waals surface area contributed by atoms with Crippen LogP contribution in [0.25, 0.3) is 0 Å². The third-order valence-corrected chi connectivity index (χ3v) is 5.19. The van der Waals surface area contributed by atoms with Crippen molar-refractivity contribution in [2.45, 2.75) is 50.5 Å². The molecule has 109 valence electrons. The summed E-state index contributed by atoms with van der Waals surface area (Å²) in [6, 6.07) is 5.32. The molecule has 3 rings (SSSR count). The van der Waals surface area contributed by atoms with Gasteiger partial charge < -0.3 is 0 Å². The first-order valence-electron chi connectivity index (χ1n) is 7.75. The van der Waals surface area contributed by atoms with Crippen LogP contribution in [0.3, 0.4) is 0 Å². The zero-order valence-electron chi connectivity index (χ0n) is 11.9. The van der Waals surface area contributed by atoms with E-state index in [0.29, 0.717) is 0 Å². The number of benzene rings is 1. The maximum Gasteiger partial charge on any atom is 0.141 e. The van der Waals surface area contributed by atoms with E-state index >= 15 is 0 Å². The summed E-state index contributed by atoms with van der Waals surface area (Å²) in [7, 11) is 0. The molecule has 1 saturated carbocycles. The van der Waals surface area contributed by atoms with Gasteiger partial charge in [-0.2, -0.15) is 0 Å². The first-order valence-corrected chi connectivity index (χ1v) is 8.12. The zero-order chi connectivity index (χ0) is 14.0. The number of rotatable bonds is 2. The summed E-state index contributed by atoms with van der Waals surface area (Å²) < 4.78 is 13.5. The summed E-state index contributed by atoms with van der Waals surface area (Å²) >= 11 is 6.03. The van der Waals surface area contributed by atoms with Gasteiger partial charge in [0.25, 0.3) is 0 Å². The summed E-state index contributed by atoms with van der Waals surface area (Å²) in [5.74, 6) is -0.316. The topological polar surface area (TPSA) is 3.24 Å². The molecule has 0 spiro atoms. The first-order chi connectivity index (χ1) is 9.72. The van der Waals surface area contributed by atoms with E-state index in [4.69, 9.17) is 11.6 Å². The van der Waals surface area contributed by atoms with Gasteiger partial charge >= 0.3 is 0 Å². The highest BCUT2D eigenvalue weighted by molar-refractivity contribution is 6.30.